The van der Waals surface area contributed by atoms with E-state index in [1.165, 1.54) is 22.0 Å². The largest absolute Gasteiger partial charge is 0.360 e. The molecule has 0 N–H and O–H groups in total. The highest BCUT2D eigenvalue weighted by atomic mass is 16.1. The number of hydrogen-bond acceptors (Lipinski definition) is 2. The van der Waals surface area contributed by atoms with Gasteiger partial charge in [0, 0.05) is 23.2 Å². The van der Waals surface area contributed by atoms with Gasteiger partial charge in [-0.15, -0.1) is 0 Å². The van der Waals surface area contributed by atoms with Crippen LogP contribution in [-0.4, -0.2) is 17.9 Å². The Morgan fingerprint density at radius 3 is 1.98 bits per heavy atom. The first kappa shape index (κ1) is 26.2. The number of allylic oxidation sites excluding steroid dienone is 2. The minimum atomic E-state index is -0.660. The molecule has 0 saturated carbocycles. The van der Waals surface area contributed by atoms with Gasteiger partial charge in [0.15, 0.2) is 5.78 Å². The summed E-state index contributed by atoms with van der Waals surface area (Å²) in [5, 5.41) is 2.48. The number of hydrogen-bond donors (Lipinski definition) is 0. The van der Waals surface area contributed by atoms with Crippen molar-refractivity contribution in [3.63, 3.8) is 0 Å². The third-order valence-corrected chi connectivity index (χ3v) is 9.56. The number of Topliss-reactive ketones (excluding diaryl/α,β-unsaturated/α-hetero) is 1. The molecule has 0 radical (unpaired) electrons. The molecular formula is C40H35NO. The minimum absolute atomic E-state index is 0.151. The number of fused-ring (bicyclic) bond motifs is 3. The molecule has 0 aromatic heterocycles. The fraction of sp³-hybridized carbons (Fsp3) is 0.175. The number of nitrogens with zero attached hydrogens (tertiary/aromatic N) is 1. The second kappa shape index (κ2) is 9.99. The van der Waals surface area contributed by atoms with Crippen LogP contribution in [0.15, 0.2) is 140 Å². The van der Waals surface area contributed by atoms with E-state index in [-0.39, 0.29) is 5.78 Å². The number of ketones is 1. The first-order chi connectivity index (χ1) is 20.5. The first-order valence-corrected chi connectivity index (χ1v) is 14.9. The molecule has 42 heavy (non-hydrogen) atoms. The van der Waals surface area contributed by atoms with E-state index >= 15 is 4.79 Å². The van der Waals surface area contributed by atoms with E-state index in [1.807, 2.05) is 36.4 Å². The highest BCUT2D eigenvalue weighted by Crippen LogP contribution is 2.62. The molecule has 2 atom stereocenters. The molecule has 2 aliphatic rings. The quantitative estimate of drug-likeness (QED) is 0.205. The minimum Gasteiger partial charge on any atom is -0.360 e. The van der Waals surface area contributed by atoms with E-state index in [2.05, 4.69) is 129 Å². The number of carbonyl (C=O) groups is 1. The normalized spacial score (nSPS) is 20.7. The van der Waals surface area contributed by atoms with Crippen LogP contribution < -0.4 is 4.90 Å². The number of anilines is 1. The van der Waals surface area contributed by atoms with Gasteiger partial charge >= 0.3 is 0 Å². The SMILES string of the molecule is CCN1c2ccc3ccccc3c2C(C)(C)[C@@]12C=C(c1ccccc1)C=C(c1ccccc1)[C@@H]2C(=O)c1ccccc1. The zero-order valence-electron chi connectivity index (χ0n) is 24.4. The van der Waals surface area contributed by atoms with Crippen molar-refractivity contribution in [2.45, 2.75) is 31.7 Å². The Kier molecular flexibility index (Phi) is 6.24. The van der Waals surface area contributed by atoms with Crippen LogP contribution in [0.2, 0.25) is 0 Å². The predicted octanol–water partition coefficient (Wildman–Crippen LogP) is 9.38. The number of carbonyl (C=O) groups excluding carboxylic acids is 1. The van der Waals surface area contributed by atoms with Gasteiger partial charge in [0.2, 0.25) is 0 Å². The molecule has 0 unspecified atom stereocenters. The van der Waals surface area contributed by atoms with E-state index in [0.29, 0.717) is 0 Å². The van der Waals surface area contributed by atoms with Crippen molar-refractivity contribution in [2.24, 2.45) is 5.92 Å². The molecule has 1 aliphatic heterocycles. The van der Waals surface area contributed by atoms with Gasteiger partial charge in [-0.1, -0.05) is 135 Å². The molecule has 0 amide bonds. The van der Waals surface area contributed by atoms with Crippen LogP contribution in [0.3, 0.4) is 0 Å². The van der Waals surface area contributed by atoms with Crippen LogP contribution in [0.4, 0.5) is 5.69 Å². The molecule has 5 aromatic rings. The molecule has 5 aromatic carbocycles. The van der Waals surface area contributed by atoms with Gasteiger partial charge in [-0.3, -0.25) is 4.79 Å². The van der Waals surface area contributed by atoms with Gasteiger partial charge in [0.1, 0.15) is 0 Å². The van der Waals surface area contributed by atoms with E-state index in [9.17, 15) is 0 Å². The van der Waals surface area contributed by atoms with E-state index < -0.39 is 16.9 Å². The highest BCUT2D eigenvalue weighted by Gasteiger charge is 2.63. The Bertz CT molecular complexity index is 1850. The van der Waals surface area contributed by atoms with Gasteiger partial charge in [-0.05, 0) is 63.8 Å². The topological polar surface area (TPSA) is 20.3 Å². The smallest absolute Gasteiger partial charge is 0.173 e. The monoisotopic (exact) mass is 545 g/mol. The maximum atomic E-state index is 15.1. The van der Waals surface area contributed by atoms with Crippen LogP contribution in [0, 0.1) is 5.92 Å². The standard InChI is InChI=1S/C40H35NO/c1-4-41-35-25-24-30-20-14-15-23-33(30)36(35)39(2,3)40(41)27-32(28-16-8-5-9-17-28)26-34(29-18-10-6-11-19-29)37(40)38(42)31-21-12-7-13-22-31/h5-27,37H,4H2,1-3H3/t37-,40+/m1/s1. The molecule has 0 saturated heterocycles. The summed E-state index contributed by atoms with van der Waals surface area (Å²) < 4.78 is 0. The Balaban J connectivity index is 1.60. The molecule has 2 nitrogen and oxygen atoms in total. The van der Waals surface area contributed by atoms with Gasteiger partial charge in [-0.2, -0.15) is 0 Å². The van der Waals surface area contributed by atoms with E-state index in [0.717, 1.165) is 34.4 Å². The summed E-state index contributed by atoms with van der Waals surface area (Å²) in [4.78, 5) is 17.6. The highest BCUT2D eigenvalue weighted by molar-refractivity contribution is 6.11. The maximum absolute atomic E-state index is 15.1. The molecule has 1 heterocycles. The van der Waals surface area contributed by atoms with Crippen LogP contribution in [0.1, 0.15) is 47.8 Å². The van der Waals surface area contributed by atoms with Crippen LogP contribution >= 0.6 is 0 Å². The maximum Gasteiger partial charge on any atom is 0.173 e. The summed E-state index contributed by atoms with van der Waals surface area (Å²) >= 11 is 0. The molecule has 2 heteroatoms. The Morgan fingerprint density at radius 1 is 0.714 bits per heavy atom. The van der Waals surface area contributed by atoms with Gasteiger partial charge in [0.05, 0.1) is 11.5 Å². The third kappa shape index (κ3) is 3.75. The van der Waals surface area contributed by atoms with E-state index in [1.54, 1.807) is 0 Å². The lowest BCUT2D eigenvalue weighted by Gasteiger charge is -2.53. The fourth-order valence-electron chi connectivity index (χ4n) is 7.72. The van der Waals surface area contributed by atoms with E-state index in [4.69, 9.17) is 0 Å². The van der Waals surface area contributed by atoms with Gasteiger partial charge < -0.3 is 4.90 Å². The summed E-state index contributed by atoms with van der Waals surface area (Å²) in [6.07, 6.45) is 4.70. The van der Waals surface area contributed by atoms with Crippen molar-refractivity contribution < 1.29 is 4.79 Å². The zero-order chi connectivity index (χ0) is 28.9. The van der Waals surface area contributed by atoms with Crippen LogP contribution in [-0.2, 0) is 5.41 Å². The van der Waals surface area contributed by atoms with Gasteiger partial charge in [0.25, 0.3) is 0 Å². The summed E-state index contributed by atoms with van der Waals surface area (Å²) in [7, 11) is 0. The lowest BCUT2D eigenvalue weighted by molar-refractivity contribution is 0.0883. The van der Waals surface area contributed by atoms with Crippen molar-refractivity contribution in [1.29, 1.82) is 0 Å². The fourth-order valence-corrected chi connectivity index (χ4v) is 7.72. The van der Waals surface area contributed by atoms with Gasteiger partial charge in [-0.25, -0.2) is 0 Å². The lowest BCUT2D eigenvalue weighted by Crippen LogP contribution is -2.62. The Hall–Kier alpha value is -4.69. The third-order valence-electron chi connectivity index (χ3n) is 9.56. The molecule has 1 aliphatic carbocycles. The van der Waals surface area contributed by atoms with Crippen molar-refractivity contribution >= 4 is 33.4 Å². The number of likely N-dealkylation sites (N-methyl/N-ethyl adjacent to an activating group) is 1. The first-order valence-electron chi connectivity index (χ1n) is 14.9. The average Bonchev–Trinajstić information content (AvgIpc) is 3.23. The van der Waals surface area contributed by atoms with Crippen molar-refractivity contribution in [2.75, 3.05) is 11.4 Å². The Morgan fingerprint density at radius 2 is 1.31 bits per heavy atom. The molecular weight excluding hydrogens is 510 g/mol. The Labute approximate surface area is 248 Å². The molecule has 1 spiro atoms. The second-order valence-corrected chi connectivity index (χ2v) is 12.0. The van der Waals surface area contributed by atoms with Crippen molar-refractivity contribution in [3.8, 4) is 0 Å². The summed E-state index contributed by atoms with van der Waals surface area (Å²) in [5.41, 5.74) is 6.65. The number of rotatable bonds is 5. The summed E-state index contributed by atoms with van der Waals surface area (Å²) in [6, 6.07) is 44.2. The average molecular weight is 546 g/mol. The zero-order valence-corrected chi connectivity index (χ0v) is 24.4. The lowest BCUT2D eigenvalue weighted by atomic mass is 9.56. The molecule has 0 fully saturated rings. The molecule has 0 bridgehead atoms. The molecule has 206 valence electrons. The summed E-state index contributed by atoms with van der Waals surface area (Å²) in [5.74, 6) is -0.284. The summed E-state index contributed by atoms with van der Waals surface area (Å²) in [6.45, 7) is 7.70. The molecule has 7 rings (SSSR count). The second-order valence-electron chi connectivity index (χ2n) is 12.0. The van der Waals surface area contributed by atoms with Crippen LogP contribution in [0.25, 0.3) is 21.9 Å². The predicted molar refractivity (Wildman–Crippen MR) is 176 cm³/mol. The van der Waals surface area contributed by atoms with Crippen LogP contribution in [0.5, 0.6) is 0 Å². The van der Waals surface area contributed by atoms with Crippen molar-refractivity contribution in [1.82, 2.24) is 0 Å². The van der Waals surface area contributed by atoms with Crippen molar-refractivity contribution in [3.05, 3.63) is 162 Å². The number of benzene rings is 5.